The van der Waals surface area contributed by atoms with Crippen LogP contribution in [0.5, 0.6) is 5.75 Å². The van der Waals surface area contributed by atoms with E-state index in [0.717, 1.165) is 35.6 Å². The largest absolute Gasteiger partial charge is 0.489 e. The maximum atomic E-state index is 6.08. The van der Waals surface area contributed by atoms with Gasteiger partial charge in [-0.3, -0.25) is 0 Å². The van der Waals surface area contributed by atoms with Crippen LogP contribution in [-0.2, 0) is 13.2 Å². The second-order valence-corrected chi connectivity index (χ2v) is 10.9. The summed E-state index contributed by atoms with van der Waals surface area (Å²) in [6.07, 6.45) is 8.89. The summed E-state index contributed by atoms with van der Waals surface area (Å²) in [6.45, 7) is 3.84. The quantitative estimate of drug-likeness (QED) is 0.485. The highest BCUT2D eigenvalue weighted by Crippen LogP contribution is 2.61. The van der Waals surface area contributed by atoms with Crippen molar-refractivity contribution in [2.24, 2.45) is 23.2 Å². The van der Waals surface area contributed by atoms with Gasteiger partial charge in [0.15, 0.2) is 0 Å². The Labute approximate surface area is 190 Å². The molecule has 2 nitrogen and oxygen atoms in total. The van der Waals surface area contributed by atoms with E-state index < -0.39 is 0 Å². The minimum absolute atomic E-state index is 0.484. The first-order valence-electron chi connectivity index (χ1n) is 11.4. The molecule has 4 heteroatoms. The molecule has 0 heterocycles. The molecule has 0 amide bonds. The molecule has 0 saturated heterocycles. The fraction of sp³-hybridized carbons (Fsp3) is 0.538. The summed E-state index contributed by atoms with van der Waals surface area (Å²) in [5, 5.41) is 5.01. The van der Waals surface area contributed by atoms with Crippen molar-refractivity contribution < 1.29 is 4.74 Å². The highest BCUT2D eigenvalue weighted by Gasteiger charge is 2.52. The summed E-state index contributed by atoms with van der Waals surface area (Å²) >= 11 is 12.1. The molecule has 0 aliphatic heterocycles. The Balaban J connectivity index is 1.14. The average Bonchev–Trinajstić information content (AvgIpc) is 2.72. The highest BCUT2D eigenvalue weighted by molar-refractivity contribution is 6.42. The second kappa shape index (κ2) is 8.37. The Hall–Kier alpha value is -1.22. The van der Waals surface area contributed by atoms with Gasteiger partial charge in [0.05, 0.1) is 10.0 Å². The Morgan fingerprint density at radius 3 is 2.10 bits per heavy atom. The smallest absolute Gasteiger partial charge is 0.119 e. The van der Waals surface area contributed by atoms with Crippen molar-refractivity contribution >= 4 is 23.2 Å². The molecule has 1 unspecified atom stereocenters. The van der Waals surface area contributed by atoms with E-state index in [9.17, 15) is 0 Å². The Bertz CT molecular complexity index is 859. The molecule has 6 rings (SSSR count). The second-order valence-electron chi connectivity index (χ2n) is 10.1. The van der Waals surface area contributed by atoms with Gasteiger partial charge in [-0.25, -0.2) is 0 Å². The minimum atomic E-state index is 0.484. The van der Waals surface area contributed by atoms with Gasteiger partial charge in [0.2, 0.25) is 0 Å². The van der Waals surface area contributed by atoms with Crippen molar-refractivity contribution in [3.05, 3.63) is 63.6 Å². The fourth-order valence-corrected chi connectivity index (χ4v) is 7.02. The zero-order valence-electron chi connectivity index (χ0n) is 17.7. The Morgan fingerprint density at radius 1 is 0.900 bits per heavy atom. The number of benzene rings is 2. The van der Waals surface area contributed by atoms with Gasteiger partial charge in [0.25, 0.3) is 0 Å². The van der Waals surface area contributed by atoms with Gasteiger partial charge in [-0.15, -0.1) is 0 Å². The van der Waals surface area contributed by atoms with Crippen molar-refractivity contribution in [2.45, 2.75) is 64.6 Å². The SMILES string of the molecule is CC(NCc1ccc(OCc2ccc(Cl)c(Cl)c2)cc1)C12CC3CC(CC(C3)C1)C2. The van der Waals surface area contributed by atoms with Gasteiger partial charge < -0.3 is 10.1 Å². The summed E-state index contributed by atoms with van der Waals surface area (Å²) in [7, 11) is 0. The first-order chi connectivity index (χ1) is 14.5. The van der Waals surface area contributed by atoms with Gasteiger partial charge in [0, 0.05) is 12.6 Å². The maximum Gasteiger partial charge on any atom is 0.119 e. The van der Waals surface area contributed by atoms with Crippen LogP contribution in [0.25, 0.3) is 0 Å². The molecule has 4 aliphatic carbocycles. The van der Waals surface area contributed by atoms with Crippen molar-refractivity contribution in [3.8, 4) is 5.75 Å². The molecule has 30 heavy (non-hydrogen) atoms. The molecule has 4 aliphatic rings. The molecule has 4 bridgehead atoms. The monoisotopic (exact) mass is 443 g/mol. The van der Waals surface area contributed by atoms with Crippen molar-refractivity contribution in [2.75, 3.05) is 0 Å². The average molecular weight is 444 g/mol. The summed E-state index contributed by atoms with van der Waals surface area (Å²) in [6, 6.07) is 14.7. The van der Waals surface area contributed by atoms with Gasteiger partial charge >= 0.3 is 0 Å². The Kier molecular flexibility index (Phi) is 5.77. The van der Waals surface area contributed by atoms with E-state index >= 15 is 0 Å². The number of hydrogen-bond donors (Lipinski definition) is 1. The van der Waals surface area contributed by atoms with Gasteiger partial charge in [-0.1, -0.05) is 41.4 Å². The zero-order valence-corrected chi connectivity index (χ0v) is 19.2. The molecule has 1 atom stereocenters. The predicted molar refractivity (Wildman–Crippen MR) is 124 cm³/mol. The third-order valence-electron chi connectivity index (χ3n) is 7.93. The van der Waals surface area contributed by atoms with Crippen LogP contribution in [0.15, 0.2) is 42.5 Å². The topological polar surface area (TPSA) is 21.3 Å². The predicted octanol–water partition coefficient (Wildman–Crippen LogP) is 7.27. The van der Waals surface area contributed by atoms with Crippen LogP contribution in [-0.4, -0.2) is 6.04 Å². The van der Waals surface area contributed by atoms with Crippen molar-refractivity contribution in [1.29, 1.82) is 0 Å². The van der Waals surface area contributed by atoms with Crippen molar-refractivity contribution in [3.63, 3.8) is 0 Å². The number of hydrogen-bond acceptors (Lipinski definition) is 2. The Morgan fingerprint density at radius 2 is 1.50 bits per heavy atom. The summed E-state index contributed by atoms with van der Waals surface area (Å²) in [5.41, 5.74) is 2.88. The molecule has 0 aromatic heterocycles. The molecule has 1 N–H and O–H groups in total. The van der Waals surface area contributed by atoms with E-state index in [1.165, 1.54) is 44.1 Å². The molecular formula is C26H31Cl2NO. The van der Waals surface area contributed by atoms with E-state index in [1.807, 2.05) is 18.2 Å². The van der Waals surface area contributed by atoms with Gasteiger partial charge in [-0.2, -0.15) is 0 Å². The van der Waals surface area contributed by atoms with Crippen LogP contribution in [0.2, 0.25) is 10.0 Å². The first-order valence-corrected chi connectivity index (χ1v) is 12.1. The lowest BCUT2D eigenvalue weighted by atomic mass is 9.48. The summed E-state index contributed by atoms with van der Waals surface area (Å²) < 4.78 is 5.91. The number of ether oxygens (including phenoxy) is 1. The van der Waals surface area contributed by atoms with E-state index in [1.54, 1.807) is 0 Å². The molecule has 2 aromatic carbocycles. The molecule has 4 fully saturated rings. The van der Waals surface area contributed by atoms with Crippen LogP contribution >= 0.6 is 23.2 Å². The van der Waals surface area contributed by atoms with E-state index in [-0.39, 0.29) is 0 Å². The van der Waals surface area contributed by atoms with Crippen LogP contribution in [0, 0.1) is 23.2 Å². The lowest BCUT2D eigenvalue weighted by Crippen LogP contribution is -2.54. The molecule has 160 valence electrons. The summed E-state index contributed by atoms with van der Waals surface area (Å²) in [5.74, 6) is 3.89. The third-order valence-corrected chi connectivity index (χ3v) is 8.67. The highest BCUT2D eigenvalue weighted by atomic mass is 35.5. The normalized spacial score (nSPS) is 30.4. The van der Waals surface area contributed by atoms with Crippen LogP contribution in [0.3, 0.4) is 0 Å². The fourth-order valence-electron chi connectivity index (χ4n) is 6.70. The van der Waals surface area contributed by atoms with Gasteiger partial charge in [0.1, 0.15) is 12.4 Å². The van der Waals surface area contributed by atoms with E-state index in [0.29, 0.717) is 28.1 Å². The minimum Gasteiger partial charge on any atom is -0.489 e. The number of halogens is 2. The number of rotatable bonds is 7. The molecule has 0 spiro atoms. The molecule has 2 aromatic rings. The van der Waals surface area contributed by atoms with Crippen LogP contribution in [0.4, 0.5) is 0 Å². The third kappa shape index (κ3) is 4.24. The van der Waals surface area contributed by atoms with Crippen LogP contribution in [0.1, 0.15) is 56.6 Å². The van der Waals surface area contributed by atoms with E-state index in [2.05, 4.69) is 36.5 Å². The maximum absolute atomic E-state index is 6.08. The first kappa shape index (κ1) is 20.7. The molecule has 0 radical (unpaired) electrons. The lowest BCUT2D eigenvalue weighted by Gasteiger charge is -2.59. The van der Waals surface area contributed by atoms with Crippen molar-refractivity contribution in [1.82, 2.24) is 5.32 Å². The lowest BCUT2D eigenvalue weighted by molar-refractivity contribution is -0.0706. The molecule has 4 saturated carbocycles. The standard InChI is InChI=1S/C26H31Cl2NO/c1-17(26-12-20-8-21(13-26)10-22(9-20)14-26)29-15-18-2-5-23(6-3-18)30-16-19-4-7-24(27)25(28)11-19/h2-7,11,17,20-22,29H,8-10,12-16H2,1H3. The van der Waals surface area contributed by atoms with Gasteiger partial charge in [-0.05, 0) is 104 Å². The molecular weight excluding hydrogens is 413 g/mol. The van der Waals surface area contributed by atoms with E-state index in [4.69, 9.17) is 27.9 Å². The number of nitrogens with one attached hydrogen (secondary N) is 1. The van der Waals surface area contributed by atoms with Crippen LogP contribution < -0.4 is 10.1 Å². The summed E-state index contributed by atoms with van der Waals surface area (Å²) in [4.78, 5) is 0. The zero-order chi connectivity index (χ0) is 20.7.